The molecule has 3 nitrogen and oxygen atoms in total. The Hall–Kier alpha value is -2.29. The van der Waals surface area contributed by atoms with E-state index in [0.717, 1.165) is 18.6 Å². The zero-order valence-electron chi connectivity index (χ0n) is 16.2. The van der Waals surface area contributed by atoms with Crippen LogP contribution in [0.1, 0.15) is 61.3 Å². The van der Waals surface area contributed by atoms with Gasteiger partial charge in [0, 0.05) is 12.3 Å². The van der Waals surface area contributed by atoms with Crippen molar-refractivity contribution in [2.45, 2.75) is 58.3 Å². The molecule has 2 aromatic carbocycles. The summed E-state index contributed by atoms with van der Waals surface area (Å²) in [6.45, 7) is 5.74. The predicted molar refractivity (Wildman–Crippen MR) is 104 cm³/mol. The van der Waals surface area contributed by atoms with E-state index in [0.29, 0.717) is 5.75 Å². The van der Waals surface area contributed by atoms with Gasteiger partial charge in [0.1, 0.15) is 11.5 Å². The Balaban J connectivity index is 2.10. The molecule has 0 aliphatic heterocycles. The van der Waals surface area contributed by atoms with Crippen LogP contribution in [0.25, 0.3) is 0 Å². The lowest BCUT2D eigenvalue weighted by Gasteiger charge is -2.40. The van der Waals surface area contributed by atoms with Crippen molar-refractivity contribution in [3.05, 3.63) is 58.7 Å². The number of methoxy groups -OCH3 is 1. The molecule has 1 aliphatic carbocycles. The third-order valence-corrected chi connectivity index (χ3v) is 5.63. The molecular formula is C23H28O3. The number of rotatable bonds is 4. The van der Waals surface area contributed by atoms with Gasteiger partial charge in [-0.3, -0.25) is 4.79 Å². The largest absolute Gasteiger partial charge is 0.497 e. The number of carbonyl (C=O) groups is 1. The van der Waals surface area contributed by atoms with Crippen LogP contribution in [-0.4, -0.2) is 13.1 Å². The first-order chi connectivity index (χ1) is 12.5. The second kappa shape index (κ2) is 7.53. The number of aryl methyl sites for hydroxylation is 2. The van der Waals surface area contributed by atoms with Crippen molar-refractivity contribution in [2.75, 3.05) is 7.11 Å². The van der Waals surface area contributed by atoms with Crippen LogP contribution < -0.4 is 9.47 Å². The molecule has 0 N–H and O–H groups in total. The van der Waals surface area contributed by atoms with Crippen molar-refractivity contribution in [3.8, 4) is 11.5 Å². The fraction of sp³-hybridized carbons (Fsp3) is 0.435. The standard InChI is InChI=1S/C23H28O3/c1-16-14-19(25-4)8-10-21(16)23(12-6-5-7-13-23)22-11-9-20(15-17(22)2)26-18(3)24/h8-11,14-15H,5-7,12-13H2,1-4H3. The summed E-state index contributed by atoms with van der Waals surface area (Å²) in [6.07, 6.45) is 6.05. The molecule has 0 aromatic heterocycles. The van der Waals surface area contributed by atoms with E-state index in [9.17, 15) is 4.79 Å². The predicted octanol–water partition coefficient (Wildman–Crippen LogP) is 5.49. The first-order valence-electron chi connectivity index (χ1n) is 9.41. The highest BCUT2D eigenvalue weighted by molar-refractivity contribution is 5.69. The maximum absolute atomic E-state index is 11.3. The molecule has 1 aliphatic rings. The van der Waals surface area contributed by atoms with Gasteiger partial charge in [-0.05, 0) is 73.2 Å². The number of benzene rings is 2. The molecule has 138 valence electrons. The van der Waals surface area contributed by atoms with Gasteiger partial charge in [-0.1, -0.05) is 31.4 Å². The summed E-state index contributed by atoms with van der Waals surface area (Å²) < 4.78 is 10.7. The zero-order valence-corrected chi connectivity index (χ0v) is 16.2. The monoisotopic (exact) mass is 352 g/mol. The number of hydrogen-bond donors (Lipinski definition) is 0. The van der Waals surface area contributed by atoms with E-state index in [2.05, 4.69) is 38.1 Å². The van der Waals surface area contributed by atoms with Crippen LogP contribution in [0, 0.1) is 13.8 Å². The minimum atomic E-state index is -0.282. The Morgan fingerprint density at radius 2 is 1.42 bits per heavy atom. The molecule has 0 atom stereocenters. The molecule has 3 rings (SSSR count). The lowest BCUT2D eigenvalue weighted by molar-refractivity contribution is -0.131. The molecule has 1 fully saturated rings. The number of ether oxygens (including phenoxy) is 2. The van der Waals surface area contributed by atoms with Gasteiger partial charge in [0.2, 0.25) is 0 Å². The van der Waals surface area contributed by atoms with Gasteiger partial charge in [-0.25, -0.2) is 0 Å². The molecule has 0 radical (unpaired) electrons. The number of hydrogen-bond acceptors (Lipinski definition) is 3. The third kappa shape index (κ3) is 3.48. The highest BCUT2D eigenvalue weighted by Crippen LogP contribution is 2.48. The normalized spacial score (nSPS) is 16.2. The second-order valence-electron chi connectivity index (χ2n) is 7.39. The number of esters is 1. The Morgan fingerprint density at radius 1 is 0.885 bits per heavy atom. The van der Waals surface area contributed by atoms with Crippen LogP contribution in [0.15, 0.2) is 36.4 Å². The molecule has 2 aromatic rings. The van der Waals surface area contributed by atoms with Crippen molar-refractivity contribution in [1.82, 2.24) is 0 Å². The zero-order chi connectivity index (χ0) is 18.7. The summed E-state index contributed by atoms with van der Waals surface area (Å²) in [5.41, 5.74) is 5.21. The lowest BCUT2D eigenvalue weighted by Crippen LogP contribution is -2.32. The molecule has 1 saturated carbocycles. The van der Waals surface area contributed by atoms with Gasteiger partial charge in [-0.2, -0.15) is 0 Å². The third-order valence-electron chi connectivity index (χ3n) is 5.63. The highest BCUT2D eigenvalue weighted by atomic mass is 16.5. The van der Waals surface area contributed by atoms with Crippen molar-refractivity contribution in [3.63, 3.8) is 0 Å². The Labute approximate surface area is 156 Å². The van der Waals surface area contributed by atoms with Gasteiger partial charge in [0.15, 0.2) is 0 Å². The van der Waals surface area contributed by atoms with Crippen molar-refractivity contribution < 1.29 is 14.3 Å². The fourth-order valence-electron chi connectivity index (χ4n) is 4.54. The van der Waals surface area contributed by atoms with Crippen LogP contribution in [-0.2, 0) is 10.2 Å². The van der Waals surface area contributed by atoms with Crippen molar-refractivity contribution in [1.29, 1.82) is 0 Å². The average Bonchev–Trinajstić information content (AvgIpc) is 2.61. The summed E-state index contributed by atoms with van der Waals surface area (Å²) in [4.78, 5) is 11.3. The smallest absolute Gasteiger partial charge is 0.308 e. The molecule has 0 spiro atoms. The average molecular weight is 352 g/mol. The lowest BCUT2D eigenvalue weighted by atomic mass is 9.63. The van der Waals surface area contributed by atoms with Crippen molar-refractivity contribution >= 4 is 5.97 Å². The summed E-state index contributed by atoms with van der Waals surface area (Å²) in [7, 11) is 1.71. The molecule has 0 bridgehead atoms. The first kappa shape index (κ1) is 18.5. The second-order valence-corrected chi connectivity index (χ2v) is 7.39. The van der Waals surface area contributed by atoms with Crippen LogP contribution in [0.5, 0.6) is 11.5 Å². The van der Waals surface area contributed by atoms with E-state index >= 15 is 0 Å². The molecule has 0 saturated heterocycles. The van der Waals surface area contributed by atoms with E-state index < -0.39 is 0 Å². The van der Waals surface area contributed by atoms with Gasteiger partial charge >= 0.3 is 5.97 Å². The van der Waals surface area contributed by atoms with E-state index in [1.165, 1.54) is 48.4 Å². The van der Waals surface area contributed by atoms with Crippen LogP contribution >= 0.6 is 0 Å². The van der Waals surface area contributed by atoms with Gasteiger partial charge in [0.05, 0.1) is 7.11 Å². The highest BCUT2D eigenvalue weighted by Gasteiger charge is 2.37. The first-order valence-corrected chi connectivity index (χ1v) is 9.41. The molecule has 26 heavy (non-hydrogen) atoms. The van der Waals surface area contributed by atoms with E-state index in [-0.39, 0.29) is 11.4 Å². The maximum atomic E-state index is 11.3. The maximum Gasteiger partial charge on any atom is 0.308 e. The van der Waals surface area contributed by atoms with Gasteiger partial charge in [-0.15, -0.1) is 0 Å². The minimum absolute atomic E-state index is 0.0213. The van der Waals surface area contributed by atoms with Gasteiger partial charge < -0.3 is 9.47 Å². The van der Waals surface area contributed by atoms with Gasteiger partial charge in [0.25, 0.3) is 0 Å². The molecule has 0 amide bonds. The summed E-state index contributed by atoms with van der Waals surface area (Å²) in [5, 5.41) is 0. The summed E-state index contributed by atoms with van der Waals surface area (Å²) in [5.74, 6) is 1.24. The topological polar surface area (TPSA) is 35.5 Å². The molecular weight excluding hydrogens is 324 g/mol. The minimum Gasteiger partial charge on any atom is -0.497 e. The SMILES string of the molecule is COc1ccc(C2(c3ccc(OC(C)=O)cc3C)CCCCC2)c(C)c1. The van der Waals surface area contributed by atoms with E-state index in [1.807, 2.05) is 12.1 Å². The van der Waals surface area contributed by atoms with E-state index in [4.69, 9.17) is 9.47 Å². The quantitative estimate of drug-likeness (QED) is 0.539. The summed E-state index contributed by atoms with van der Waals surface area (Å²) in [6, 6.07) is 12.5. The van der Waals surface area contributed by atoms with Crippen LogP contribution in [0.4, 0.5) is 0 Å². The Bertz CT molecular complexity index is 801. The number of carbonyl (C=O) groups excluding carboxylic acids is 1. The fourth-order valence-corrected chi connectivity index (χ4v) is 4.54. The van der Waals surface area contributed by atoms with Crippen molar-refractivity contribution in [2.24, 2.45) is 0 Å². The van der Waals surface area contributed by atoms with Crippen LogP contribution in [0.2, 0.25) is 0 Å². The summed E-state index contributed by atoms with van der Waals surface area (Å²) >= 11 is 0. The van der Waals surface area contributed by atoms with E-state index in [1.54, 1.807) is 7.11 Å². The molecule has 0 heterocycles. The molecule has 3 heteroatoms. The van der Waals surface area contributed by atoms with Crippen LogP contribution in [0.3, 0.4) is 0 Å². The Morgan fingerprint density at radius 3 is 1.92 bits per heavy atom. The molecule has 0 unspecified atom stereocenters. The Kier molecular flexibility index (Phi) is 5.36.